The van der Waals surface area contributed by atoms with E-state index in [-0.39, 0.29) is 23.4 Å². The summed E-state index contributed by atoms with van der Waals surface area (Å²) in [6.07, 6.45) is -4.61. The van der Waals surface area contributed by atoms with Crippen molar-refractivity contribution in [2.24, 2.45) is 0 Å². The number of hydrogen-bond donors (Lipinski definition) is 1. The van der Waals surface area contributed by atoms with E-state index in [9.17, 15) is 31.1 Å². The van der Waals surface area contributed by atoms with Gasteiger partial charge in [-0.1, -0.05) is 24.3 Å². The van der Waals surface area contributed by atoms with Gasteiger partial charge in [0.2, 0.25) is 5.91 Å². The monoisotopic (exact) mass is 391 g/mol. The Balaban J connectivity index is 2.08. The van der Waals surface area contributed by atoms with Gasteiger partial charge >= 0.3 is 12.8 Å². The summed E-state index contributed by atoms with van der Waals surface area (Å²) < 4.78 is 81.3. The average molecular weight is 391 g/mol. The standard InChI is InChI=1S/C18H15F6NO2/c1-10(13-4-2-3-5-14(13)18(22,23)24)16(26)25-9-11-6-7-12(8-15(11)19)27-17(20)21/h2-8,10,17H,9H2,1H3,(H,25,26). The van der Waals surface area contributed by atoms with E-state index in [2.05, 4.69) is 10.1 Å². The van der Waals surface area contributed by atoms with Crippen molar-refractivity contribution in [1.82, 2.24) is 5.32 Å². The first-order chi connectivity index (χ1) is 12.6. The molecule has 3 nitrogen and oxygen atoms in total. The average Bonchev–Trinajstić information content (AvgIpc) is 2.59. The minimum atomic E-state index is -4.61. The molecule has 1 amide bonds. The predicted octanol–water partition coefficient (Wildman–Crippen LogP) is 4.87. The smallest absolute Gasteiger partial charge is 0.416 e. The second-order valence-corrected chi connectivity index (χ2v) is 5.66. The van der Waals surface area contributed by atoms with Gasteiger partial charge in [0.25, 0.3) is 0 Å². The van der Waals surface area contributed by atoms with Gasteiger partial charge in [0.1, 0.15) is 11.6 Å². The molecule has 146 valence electrons. The van der Waals surface area contributed by atoms with Crippen LogP contribution in [0.4, 0.5) is 26.3 Å². The fourth-order valence-electron chi connectivity index (χ4n) is 2.46. The van der Waals surface area contributed by atoms with Gasteiger partial charge in [0.05, 0.1) is 11.5 Å². The number of hydrogen-bond acceptors (Lipinski definition) is 2. The van der Waals surface area contributed by atoms with Crippen molar-refractivity contribution in [3.63, 3.8) is 0 Å². The van der Waals surface area contributed by atoms with Crippen LogP contribution in [0.15, 0.2) is 42.5 Å². The topological polar surface area (TPSA) is 38.3 Å². The molecule has 0 bridgehead atoms. The third kappa shape index (κ3) is 5.38. The summed E-state index contributed by atoms with van der Waals surface area (Å²) in [5, 5.41) is 2.34. The van der Waals surface area contributed by atoms with E-state index in [4.69, 9.17) is 0 Å². The number of ether oxygens (including phenoxy) is 1. The molecule has 1 atom stereocenters. The largest absolute Gasteiger partial charge is 0.435 e. The highest BCUT2D eigenvalue weighted by atomic mass is 19.4. The summed E-state index contributed by atoms with van der Waals surface area (Å²) in [6, 6.07) is 7.65. The molecule has 2 rings (SSSR count). The Morgan fingerprint density at radius 3 is 2.41 bits per heavy atom. The number of alkyl halides is 5. The Hall–Kier alpha value is -2.71. The first kappa shape index (κ1) is 20.6. The van der Waals surface area contributed by atoms with Crippen LogP contribution in [0, 0.1) is 5.82 Å². The second kappa shape index (κ2) is 8.32. The molecule has 2 aromatic carbocycles. The lowest BCUT2D eigenvalue weighted by atomic mass is 9.94. The molecule has 1 unspecified atom stereocenters. The van der Waals surface area contributed by atoms with Crippen molar-refractivity contribution in [3.05, 3.63) is 65.0 Å². The van der Waals surface area contributed by atoms with E-state index in [1.165, 1.54) is 25.1 Å². The molecule has 0 saturated carbocycles. The fraction of sp³-hybridized carbons (Fsp3) is 0.278. The number of nitrogens with one attached hydrogen (secondary N) is 1. The van der Waals surface area contributed by atoms with Crippen LogP contribution in [0.1, 0.15) is 29.5 Å². The SMILES string of the molecule is CC(C(=O)NCc1ccc(OC(F)F)cc1F)c1ccccc1C(F)(F)F. The van der Waals surface area contributed by atoms with Crippen LogP contribution in [0.25, 0.3) is 0 Å². The molecule has 0 aliphatic heterocycles. The van der Waals surface area contributed by atoms with Gasteiger partial charge < -0.3 is 10.1 Å². The maximum absolute atomic E-state index is 13.9. The molecule has 9 heteroatoms. The molecular weight excluding hydrogens is 376 g/mol. The van der Waals surface area contributed by atoms with Gasteiger partial charge in [-0.05, 0) is 24.6 Å². The van der Waals surface area contributed by atoms with Crippen LogP contribution >= 0.6 is 0 Å². The summed E-state index contributed by atoms with van der Waals surface area (Å²) in [5.41, 5.74) is -1.16. The highest BCUT2D eigenvalue weighted by Gasteiger charge is 2.35. The van der Waals surface area contributed by atoms with E-state index in [1.54, 1.807) is 0 Å². The number of carbonyl (C=O) groups excluding carboxylic acids is 1. The van der Waals surface area contributed by atoms with Crippen LogP contribution in [0.3, 0.4) is 0 Å². The molecule has 0 radical (unpaired) electrons. The highest BCUT2D eigenvalue weighted by Crippen LogP contribution is 2.35. The van der Waals surface area contributed by atoms with Crippen molar-refractivity contribution in [2.45, 2.75) is 32.2 Å². The lowest BCUT2D eigenvalue weighted by Crippen LogP contribution is -2.29. The maximum atomic E-state index is 13.9. The van der Waals surface area contributed by atoms with Crippen LogP contribution in [0.5, 0.6) is 5.75 Å². The third-order valence-electron chi connectivity index (χ3n) is 3.83. The minimum absolute atomic E-state index is 0.0266. The third-order valence-corrected chi connectivity index (χ3v) is 3.83. The maximum Gasteiger partial charge on any atom is 0.416 e. The predicted molar refractivity (Wildman–Crippen MR) is 84.7 cm³/mol. The molecule has 0 spiro atoms. The van der Waals surface area contributed by atoms with E-state index in [1.807, 2.05) is 0 Å². The van der Waals surface area contributed by atoms with E-state index in [0.717, 1.165) is 24.3 Å². The Bertz CT molecular complexity index is 807. The Morgan fingerprint density at radius 1 is 1.15 bits per heavy atom. The molecule has 0 aliphatic rings. The quantitative estimate of drug-likeness (QED) is 0.714. The zero-order chi connectivity index (χ0) is 20.2. The number of amides is 1. The molecule has 0 heterocycles. The number of benzene rings is 2. The van der Waals surface area contributed by atoms with Crippen molar-refractivity contribution in [1.29, 1.82) is 0 Å². The summed E-state index contributed by atoms with van der Waals surface area (Å²) in [4.78, 5) is 12.2. The van der Waals surface area contributed by atoms with Crippen molar-refractivity contribution < 1.29 is 35.9 Å². The van der Waals surface area contributed by atoms with Crippen LogP contribution < -0.4 is 10.1 Å². The lowest BCUT2D eigenvalue weighted by molar-refractivity contribution is -0.138. The summed E-state index contributed by atoms with van der Waals surface area (Å²) >= 11 is 0. The van der Waals surface area contributed by atoms with Gasteiger partial charge in [-0.25, -0.2) is 4.39 Å². The molecule has 0 fully saturated rings. The molecule has 0 saturated heterocycles. The van der Waals surface area contributed by atoms with Crippen molar-refractivity contribution in [2.75, 3.05) is 0 Å². The van der Waals surface area contributed by atoms with E-state index < -0.39 is 36.0 Å². The number of rotatable bonds is 6. The summed E-state index contributed by atoms with van der Waals surface area (Å²) in [5.74, 6) is -3.15. The summed E-state index contributed by atoms with van der Waals surface area (Å²) in [7, 11) is 0. The van der Waals surface area contributed by atoms with Crippen LogP contribution in [-0.4, -0.2) is 12.5 Å². The molecule has 2 aromatic rings. The number of halogens is 6. The van der Waals surface area contributed by atoms with Gasteiger partial charge in [0.15, 0.2) is 0 Å². The van der Waals surface area contributed by atoms with Gasteiger partial charge in [0, 0.05) is 18.2 Å². The van der Waals surface area contributed by atoms with E-state index in [0.29, 0.717) is 0 Å². The van der Waals surface area contributed by atoms with Gasteiger partial charge in [-0.3, -0.25) is 4.79 Å². The van der Waals surface area contributed by atoms with E-state index >= 15 is 0 Å². The number of carbonyl (C=O) groups is 1. The zero-order valence-electron chi connectivity index (χ0n) is 14.0. The zero-order valence-corrected chi connectivity index (χ0v) is 14.0. The fourth-order valence-corrected chi connectivity index (χ4v) is 2.46. The van der Waals surface area contributed by atoms with Gasteiger partial charge in [-0.2, -0.15) is 22.0 Å². The lowest BCUT2D eigenvalue weighted by Gasteiger charge is -2.18. The molecule has 0 aromatic heterocycles. The molecule has 1 N–H and O–H groups in total. The Morgan fingerprint density at radius 2 is 1.81 bits per heavy atom. The normalized spacial score (nSPS) is 12.7. The van der Waals surface area contributed by atoms with Crippen molar-refractivity contribution >= 4 is 5.91 Å². The summed E-state index contributed by atoms with van der Waals surface area (Å²) in [6.45, 7) is -2.13. The molecular formula is C18H15F6NO2. The Kier molecular flexibility index (Phi) is 6.35. The van der Waals surface area contributed by atoms with Crippen LogP contribution in [0.2, 0.25) is 0 Å². The first-order valence-electron chi connectivity index (χ1n) is 7.76. The minimum Gasteiger partial charge on any atom is -0.435 e. The highest BCUT2D eigenvalue weighted by molar-refractivity contribution is 5.83. The molecule has 27 heavy (non-hydrogen) atoms. The Labute approximate surface area is 150 Å². The van der Waals surface area contributed by atoms with Crippen molar-refractivity contribution in [3.8, 4) is 5.75 Å². The van der Waals surface area contributed by atoms with Gasteiger partial charge in [-0.15, -0.1) is 0 Å². The van der Waals surface area contributed by atoms with Crippen LogP contribution in [-0.2, 0) is 17.5 Å². The molecule has 0 aliphatic carbocycles. The first-order valence-corrected chi connectivity index (χ1v) is 7.76. The second-order valence-electron chi connectivity index (χ2n) is 5.66.